The molecule has 1 unspecified atom stereocenters. The summed E-state index contributed by atoms with van der Waals surface area (Å²) in [7, 11) is 2.41. The fourth-order valence-corrected chi connectivity index (χ4v) is 4.69. The highest BCUT2D eigenvalue weighted by atomic mass is 16.4. The second-order valence-corrected chi connectivity index (χ2v) is 10.6. The average molecular weight is 658 g/mol. The molecule has 7 amide bonds. The minimum absolute atomic E-state index is 0.0562. The first-order valence-corrected chi connectivity index (χ1v) is 14.0. The van der Waals surface area contributed by atoms with E-state index >= 15 is 0 Å². The van der Waals surface area contributed by atoms with Gasteiger partial charge in [0.1, 0.15) is 29.6 Å². The van der Waals surface area contributed by atoms with Crippen LogP contribution in [0.5, 0.6) is 11.5 Å². The highest BCUT2D eigenvalue weighted by Gasteiger charge is 2.31. The van der Waals surface area contributed by atoms with Crippen molar-refractivity contribution in [3.63, 3.8) is 0 Å². The predicted octanol–water partition coefficient (Wildman–Crippen LogP) is -2.89. The molecule has 0 spiro atoms. The van der Waals surface area contributed by atoms with Crippen LogP contribution in [0.4, 0.5) is 4.79 Å². The van der Waals surface area contributed by atoms with Crippen molar-refractivity contribution in [2.24, 2.45) is 5.73 Å². The van der Waals surface area contributed by atoms with Crippen LogP contribution in [-0.2, 0) is 35.2 Å². The number of carboxylic acids is 1. The van der Waals surface area contributed by atoms with Gasteiger partial charge in [-0.3, -0.25) is 24.0 Å². The lowest BCUT2D eigenvalue weighted by Gasteiger charge is -2.29. The van der Waals surface area contributed by atoms with E-state index in [0.29, 0.717) is 5.56 Å². The maximum atomic E-state index is 13.4. The quantitative estimate of drug-likeness (QED) is 0.132. The van der Waals surface area contributed by atoms with Crippen LogP contribution in [0.25, 0.3) is 11.1 Å². The SMILES string of the molecule is CN(C(=O)CNC(=O)CNC(=O)[C@@H](CO)N(C)C(N)=O)C1C(=O)NCC(=O)N[C@H](C(=O)O)Cc2ccc(O)c(c2)-c2cc1ccc2O. The maximum Gasteiger partial charge on any atom is 0.326 e. The zero-order valence-electron chi connectivity index (χ0n) is 25.4. The Morgan fingerprint density at radius 3 is 2.23 bits per heavy atom. The number of nitrogens with one attached hydrogen (secondary N) is 4. The number of likely N-dealkylation sites (N-methyl/N-ethyl adjacent to an activating group) is 2. The van der Waals surface area contributed by atoms with Crippen molar-refractivity contribution >= 4 is 41.5 Å². The minimum Gasteiger partial charge on any atom is -0.507 e. The number of nitrogens with two attached hydrogens (primary N) is 1. The summed E-state index contributed by atoms with van der Waals surface area (Å²) in [6.07, 6.45) is -0.176. The number of hydrogen-bond acceptors (Lipinski definition) is 10. The predicted molar refractivity (Wildman–Crippen MR) is 161 cm³/mol. The number of phenols is 2. The van der Waals surface area contributed by atoms with Crippen molar-refractivity contribution in [2.45, 2.75) is 24.5 Å². The van der Waals surface area contributed by atoms with Crippen LogP contribution in [0.3, 0.4) is 0 Å². The topological polar surface area (TPSA) is 281 Å². The van der Waals surface area contributed by atoms with E-state index in [-0.39, 0.29) is 34.6 Å². The van der Waals surface area contributed by atoms with E-state index in [9.17, 15) is 54.0 Å². The van der Waals surface area contributed by atoms with Gasteiger partial charge in [0.15, 0.2) is 0 Å². The van der Waals surface area contributed by atoms with E-state index < -0.39 is 85.9 Å². The number of fused-ring (bicyclic) bond motifs is 5. The summed E-state index contributed by atoms with van der Waals surface area (Å²) < 4.78 is 0. The van der Waals surface area contributed by atoms with E-state index in [1.807, 2.05) is 0 Å². The van der Waals surface area contributed by atoms with Crippen LogP contribution in [0.1, 0.15) is 17.2 Å². The molecule has 4 bridgehead atoms. The van der Waals surface area contributed by atoms with Gasteiger partial charge >= 0.3 is 12.0 Å². The van der Waals surface area contributed by atoms with Crippen molar-refractivity contribution in [3.8, 4) is 22.6 Å². The van der Waals surface area contributed by atoms with Crippen LogP contribution < -0.4 is 27.0 Å². The average Bonchev–Trinajstić information content (AvgIpc) is 3.02. The molecule has 252 valence electrons. The molecule has 10 N–H and O–H groups in total. The first-order chi connectivity index (χ1) is 22.1. The summed E-state index contributed by atoms with van der Waals surface area (Å²) in [6, 6.07) is 2.88. The largest absolute Gasteiger partial charge is 0.507 e. The number of rotatable bonds is 9. The molecule has 18 heteroatoms. The Balaban J connectivity index is 1.86. The Hall–Kier alpha value is -5.91. The zero-order chi connectivity index (χ0) is 35.0. The molecule has 1 heterocycles. The number of urea groups is 1. The van der Waals surface area contributed by atoms with Gasteiger partial charge in [0.2, 0.25) is 29.5 Å². The van der Waals surface area contributed by atoms with Gasteiger partial charge in [0, 0.05) is 31.6 Å². The number of carbonyl (C=O) groups excluding carboxylic acids is 6. The molecule has 0 aliphatic carbocycles. The molecule has 1 aliphatic rings. The monoisotopic (exact) mass is 657 g/mol. The Bertz CT molecular complexity index is 1580. The van der Waals surface area contributed by atoms with Gasteiger partial charge in [0.05, 0.1) is 26.2 Å². The molecule has 0 aromatic heterocycles. The molecule has 1 aliphatic heterocycles. The van der Waals surface area contributed by atoms with Gasteiger partial charge in [-0.05, 0) is 35.4 Å². The molecule has 0 saturated carbocycles. The molecular weight excluding hydrogens is 622 g/mol. The van der Waals surface area contributed by atoms with Crippen LogP contribution >= 0.6 is 0 Å². The lowest BCUT2D eigenvalue weighted by Crippen LogP contribution is -2.53. The minimum atomic E-state index is -1.45. The fourth-order valence-electron chi connectivity index (χ4n) is 4.69. The number of aliphatic carboxylic acids is 1. The highest BCUT2D eigenvalue weighted by molar-refractivity contribution is 5.95. The Morgan fingerprint density at radius 2 is 1.62 bits per heavy atom. The number of phenolic OH excluding ortho intramolecular Hbond substituents is 2. The first kappa shape index (κ1) is 35.6. The van der Waals surface area contributed by atoms with Crippen molar-refractivity contribution in [3.05, 3.63) is 47.5 Å². The van der Waals surface area contributed by atoms with Gasteiger partial charge in [-0.1, -0.05) is 12.1 Å². The summed E-state index contributed by atoms with van der Waals surface area (Å²) >= 11 is 0. The third-order valence-corrected chi connectivity index (χ3v) is 7.36. The number of carbonyl (C=O) groups is 7. The normalized spacial score (nSPS) is 16.7. The van der Waals surface area contributed by atoms with E-state index in [2.05, 4.69) is 21.3 Å². The number of aliphatic hydroxyl groups excluding tert-OH is 1. The Labute approximate surface area is 267 Å². The van der Waals surface area contributed by atoms with E-state index in [4.69, 9.17) is 5.73 Å². The van der Waals surface area contributed by atoms with Crippen LogP contribution in [0.15, 0.2) is 36.4 Å². The molecule has 2 aromatic rings. The van der Waals surface area contributed by atoms with Crippen molar-refractivity contribution in [1.29, 1.82) is 0 Å². The molecule has 18 nitrogen and oxygen atoms in total. The summed E-state index contributed by atoms with van der Waals surface area (Å²) in [5.41, 5.74) is 5.79. The van der Waals surface area contributed by atoms with Gasteiger partial charge in [-0.15, -0.1) is 0 Å². The third kappa shape index (κ3) is 8.85. The number of carboxylic acid groups (broad SMARTS) is 1. The number of nitrogens with zero attached hydrogens (tertiary/aromatic N) is 2. The Morgan fingerprint density at radius 1 is 0.979 bits per heavy atom. The van der Waals surface area contributed by atoms with Crippen LogP contribution in [0.2, 0.25) is 0 Å². The lowest BCUT2D eigenvalue weighted by atomic mass is 9.94. The Kier molecular flexibility index (Phi) is 11.6. The molecule has 3 atom stereocenters. The maximum absolute atomic E-state index is 13.4. The molecular formula is C29H35N7O11. The van der Waals surface area contributed by atoms with Crippen molar-refractivity contribution in [2.75, 3.05) is 40.3 Å². The van der Waals surface area contributed by atoms with Crippen LogP contribution in [-0.4, -0.2) is 124 Å². The number of aromatic hydroxyl groups is 2. The molecule has 0 fully saturated rings. The smallest absolute Gasteiger partial charge is 0.326 e. The van der Waals surface area contributed by atoms with Gasteiger partial charge in [-0.2, -0.15) is 0 Å². The van der Waals surface area contributed by atoms with Crippen molar-refractivity contribution in [1.82, 2.24) is 31.1 Å². The molecule has 0 radical (unpaired) electrons. The zero-order valence-corrected chi connectivity index (χ0v) is 25.4. The standard InChI is InChI=1S/C29H35N7O11/c1-35(29(30)47)19(13-37)26(43)32-10-22(40)31-12-24(42)36(2)25-15-4-6-21(39)17(9-15)16-7-14(3-5-20(16)38)8-18(28(45)46)34-23(41)11-33-27(25)44/h3-7,9,18-19,25,37-39H,8,10-13H2,1-2H3,(H2,30,47)(H,31,40)(H,32,43)(H,33,44)(H,34,41)(H,45,46)/t18-,19+,25?/m0/s1. The summed E-state index contributed by atoms with van der Waals surface area (Å²) in [5, 5.41) is 49.5. The summed E-state index contributed by atoms with van der Waals surface area (Å²) in [6.45, 7) is -2.72. The number of amides is 7. The molecule has 2 aromatic carbocycles. The van der Waals surface area contributed by atoms with E-state index in [0.717, 1.165) is 9.80 Å². The van der Waals surface area contributed by atoms with Gasteiger partial charge < -0.3 is 57.2 Å². The van der Waals surface area contributed by atoms with E-state index in [1.165, 1.54) is 50.5 Å². The highest BCUT2D eigenvalue weighted by Crippen LogP contribution is 2.38. The van der Waals surface area contributed by atoms with Gasteiger partial charge in [0.25, 0.3) is 0 Å². The van der Waals surface area contributed by atoms with Crippen LogP contribution in [0, 0.1) is 0 Å². The number of benzene rings is 2. The van der Waals surface area contributed by atoms with Crippen molar-refractivity contribution < 1.29 is 54.0 Å². The number of primary amides is 1. The van der Waals surface area contributed by atoms with Gasteiger partial charge in [-0.25, -0.2) is 9.59 Å². The summed E-state index contributed by atoms with van der Waals surface area (Å²) in [5.74, 6) is -6.17. The lowest BCUT2D eigenvalue weighted by molar-refractivity contribution is -0.142. The first-order valence-electron chi connectivity index (χ1n) is 14.0. The number of hydrogen-bond donors (Lipinski definition) is 9. The molecule has 3 rings (SSSR count). The molecule has 47 heavy (non-hydrogen) atoms. The van der Waals surface area contributed by atoms with E-state index in [1.54, 1.807) is 0 Å². The fraction of sp³-hybridized carbons (Fsp3) is 0.345. The molecule has 0 saturated heterocycles. The second-order valence-electron chi connectivity index (χ2n) is 10.6. The second kappa shape index (κ2) is 15.4. The third-order valence-electron chi connectivity index (χ3n) is 7.36. The number of aliphatic hydroxyl groups is 1. The summed E-state index contributed by atoms with van der Waals surface area (Å²) in [4.78, 5) is 88.7.